The van der Waals surface area contributed by atoms with Crippen LogP contribution in [0.4, 0.5) is 0 Å². The molecule has 0 atom stereocenters. The molecule has 1 aromatic carbocycles. The predicted molar refractivity (Wildman–Crippen MR) is 81.8 cm³/mol. The van der Waals surface area contributed by atoms with Gasteiger partial charge < -0.3 is 15.8 Å². The average molecular weight is 426 g/mol. The summed E-state index contributed by atoms with van der Waals surface area (Å²) in [5, 5.41) is 11.3. The van der Waals surface area contributed by atoms with E-state index in [-0.39, 0.29) is 11.7 Å². The normalized spacial score (nSPS) is 11.4. The van der Waals surface area contributed by atoms with E-state index in [0.717, 1.165) is 8.04 Å². The van der Waals surface area contributed by atoms with E-state index >= 15 is 0 Å². The number of carbonyl (C=O) groups is 1. The minimum absolute atomic E-state index is 0.0913. The monoisotopic (exact) mass is 425 g/mol. The molecule has 1 rings (SSSR count). The molecular formula is C11H13BrIN3O2. The molecule has 98 valence electrons. The first kappa shape index (κ1) is 15.2. The van der Waals surface area contributed by atoms with Crippen LogP contribution in [-0.2, 0) is 0 Å². The number of oxime groups is 1. The van der Waals surface area contributed by atoms with Gasteiger partial charge in [0.2, 0.25) is 0 Å². The van der Waals surface area contributed by atoms with E-state index in [1.807, 2.05) is 12.1 Å². The van der Waals surface area contributed by atoms with Gasteiger partial charge in [-0.3, -0.25) is 4.79 Å². The Morgan fingerprint density at radius 3 is 2.89 bits per heavy atom. The summed E-state index contributed by atoms with van der Waals surface area (Å²) in [6, 6.07) is 5.54. The van der Waals surface area contributed by atoms with Crippen LogP contribution in [-0.4, -0.2) is 35.4 Å². The Balaban J connectivity index is 2.77. The molecule has 7 heteroatoms. The van der Waals surface area contributed by atoms with Gasteiger partial charge in [-0.25, -0.2) is 0 Å². The summed E-state index contributed by atoms with van der Waals surface area (Å²) in [5.41, 5.74) is 6.00. The molecule has 0 saturated heterocycles. The smallest absolute Gasteiger partial charge is 0.254 e. The molecule has 18 heavy (non-hydrogen) atoms. The molecule has 0 heterocycles. The minimum Gasteiger partial charge on any atom is -0.409 e. The summed E-state index contributed by atoms with van der Waals surface area (Å²) in [5.74, 6) is 0.0185. The van der Waals surface area contributed by atoms with Crippen molar-refractivity contribution in [2.45, 2.75) is 6.42 Å². The van der Waals surface area contributed by atoms with Crippen LogP contribution in [0.3, 0.4) is 0 Å². The van der Waals surface area contributed by atoms with Crippen LogP contribution in [0.2, 0.25) is 0 Å². The van der Waals surface area contributed by atoms with E-state index in [1.165, 1.54) is 0 Å². The first-order chi connectivity index (χ1) is 8.45. The topological polar surface area (TPSA) is 78.9 Å². The Kier molecular flexibility index (Phi) is 5.86. The standard InChI is InChI=1S/C11H13BrIN3O2/c1-16(5-4-10(14)15-18)11(17)8-6-7(12)2-3-9(8)13/h2-3,6,18H,4-5H2,1H3,(H2,14,15). The van der Waals surface area contributed by atoms with Crippen molar-refractivity contribution in [2.75, 3.05) is 13.6 Å². The second kappa shape index (κ2) is 6.93. The molecule has 5 nitrogen and oxygen atoms in total. The van der Waals surface area contributed by atoms with Crippen molar-refractivity contribution in [3.63, 3.8) is 0 Å². The van der Waals surface area contributed by atoms with Crippen LogP contribution in [0.15, 0.2) is 27.8 Å². The zero-order valence-electron chi connectivity index (χ0n) is 9.73. The van der Waals surface area contributed by atoms with Crippen molar-refractivity contribution in [1.82, 2.24) is 4.90 Å². The van der Waals surface area contributed by atoms with E-state index in [0.29, 0.717) is 18.5 Å². The summed E-state index contributed by atoms with van der Waals surface area (Å²) in [7, 11) is 1.68. The summed E-state index contributed by atoms with van der Waals surface area (Å²) in [4.78, 5) is 13.7. The third-order valence-electron chi connectivity index (χ3n) is 2.34. The first-order valence-electron chi connectivity index (χ1n) is 5.12. The molecule has 0 aliphatic carbocycles. The van der Waals surface area contributed by atoms with Gasteiger partial charge in [0.1, 0.15) is 5.84 Å². The number of amides is 1. The number of hydrogen-bond donors (Lipinski definition) is 2. The number of hydrogen-bond acceptors (Lipinski definition) is 3. The molecule has 0 aromatic heterocycles. The largest absolute Gasteiger partial charge is 0.409 e. The lowest BCUT2D eigenvalue weighted by molar-refractivity contribution is 0.0797. The highest BCUT2D eigenvalue weighted by Gasteiger charge is 2.15. The maximum atomic E-state index is 12.2. The van der Waals surface area contributed by atoms with Crippen molar-refractivity contribution in [3.8, 4) is 0 Å². The first-order valence-corrected chi connectivity index (χ1v) is 6.99. The molecule has 0 spiro atoms. The van der Waals surface area contributed by atoms with Gasteiger partial charge in [-0.05, 0) is 40.8 Å². The molecule has 1 aromatic rings. The molecule has 0 aliphatic rings. The molecular weight excluding hydrogens is 413 g/mol. The van der Waals surface area contributed by atoms with Crippen LogP contribution < -0.4 is 5.73 Å². The predicted octanol–water partition coefficient (Wildman–Crippen LogP) is 2.26. The van der Waals surface area contributed by atoms with E-state index in [9.17, 15) is 4.79 Å². The quantitative estimate of drug-likeness (QED) is 0.255. The van der Waals surface area contributed by atoms with Gasteiger partial charge in [-0.2, -0.15) is 0 Å². The summed E-state index contributed by atoms with van der Waals surface area (Å²) >= 11 is 5.46. The Morgan fingerprint density at radius 2 is 2.28 bits per heavy atom. The second-order valence-electron chi connectivity index (χ2n) is 3.69. The Bertz CT molecular complexity index is 479. The molecule has 0 saturated carbocycles. The minimum atomic E-state index is -0.0913. The maximum absolute atomic E-state index is 12.2. The fourth-order valence-corrected chi connectivity index (χ4v) is 2.23. The maximum Gasteiger partial charge on any atom is 0.254 e. The van der Waals surface area contributed by atoms with Crippen LogP contribution in [0.5, 0.6) is 0 Å². The van der Waals surface area contributed by atoms with Gasteiger partial charge in [-0.1, -0.05) is 21.1 Å². The fourth-order valence-electron chi connectivity index (χ4n) is 1.30. The highest BCUT2D eigenvalue weighted by molar-refractivity contribution is 14.1. The molecule has 1 amide bonds. The molecule has 0 bridgehead atoms. The van der Waals surface area contributed by atoms with Gasteiger partial charge >= 0.3 is 0 Å². The average Bonchev–Trinajstić information content (AvgIpc) is 2.37. The number of rotatable bonds is 4. The molecule has 3 N–H and O–H groups in total. The lowest BCUT2D eigenvalue weighted by Crippen LogP contribution is -2.31. The number of halogens is 2. The van der Waals surface area contributed by atoms with Gasteiger partial charge in [0.05, 0.1) is 5.56 Å². The van der Waals surface area contributed by atoms with Gasteiger partial charge in [0.15, 0.2) is 0 Å². The SMILES string of the molecule is CN(CC/C(N)=N/O)C(=O)c1cc(Br)ccc1I. The van der Waals surface area contributed by atoms with Crippen molar-refractivity contribution >= 4 is 50.3 Å². The lowest BCUT2D eigenvalue weighted by Gasteiger charge is -2.17. The molecule has 0 fully saturated rings. The van der Waals surface area contributed by atoms with E-state index in [1.54, 1.807) is 18.0 Å². The molecule has 0 unspecified atom stereocenters. The highest BCUT2D eigenvalue weighted by atomic mass is 127. The zero-order chi connectivity index (χ0) is 13.7. The number of nitrogens with zero attached hydrogens (tertiary/aromatic N) is 2. The number of benzene rings is 1. The lowest BCUT2D eigenvalue weighted by atomic mass is 10.2. The summed E-state index contributed by atoms with van der Waals surface area (Å²) in [6.07, 6.45) is 0.337. The van der Waals surface area contributed by atoms with E-state index < -0.39 is 0 Å². The second-order valence-corrected chi connectivity index (χ2v) is 5.77. The van der Waals surface area contributed by atoms with Gasteiger partial charge in [-0.15, -0.1) is 0 Å². The zero-order valence-corrected chi connectivity index (χ0v) is 13.5. The van der Waals surface area contributed by atoms with Crippen molar-refractivity contribution in [2.24, 2.45) is 10.9 Å². The van der Waals surface area contributed by atoms with E-state index in [2.05, 4.69) is 43.7 Å². The third kappa shape index (κ3) is 4.13. The molecule has 0 radical (unpaired) electrons. The van der Waals surface area contributed by atoms with E-state index in [4.69, 9.17) is 10.9 Å². The Labute approximate surface area is 127 Å². The van der Waals surface area contributed by atoms with Crippen LogP contribution >= 0.6 is 38.5 Å². The van der Waals surface area contributed by atoms with Crippen LogP contribution in [0.1, 0.15) is 16.8 Å². The third-order valence-corrected chi connectivity index (χ3v) is 3.77. The molecule has 0 aliphatic heterocycles. The van der Waals surface area contributed by atoms with Crippen molar-refractivity contribution in [3.05, 3.63) is 31.8 Å². The van der Waals surface area contributed by atoms with Gasteiger partial charge in [0.25, 0.3) is 5.91 Å². The Hall–Kier alpha value is -0.830. The fraction of sp³-hybridized carbons (Fsp3) is 0.273. The van der Waals surface area contributed by atoms with Crippen LogP contribution in [0, 0.1) is 3.57 Å². The van der Waals surface area contributed by atoms with Crippen molar-refractivity contribution < 1.29 is 10.0 Å². The Morgan fingerprint density at radius 1 is 1.61 bits per heavy atom. The van der Waals surface area contributed by atoms with Crippen molar-refractivity contribution in [1.29, 1.82) is 0 Å². The van der Waals surface area contributed by atoms with Gasteiger partial charge in [0, 0.05) is 28.1 Å². The van der Waals surface area contributed by atoms with Crippen LogP contribution in [0.25, 0.3) is 0 Å². The summed E-state index contributed by atoms with van der Waals surface area (Å²) in [6.45, 7) is 0.400. The summed E-state index contributed by atoms with van der Waals surface area (Å²) < 4.78 is 1.74. The highest BCUT2D eigenvalue weighted by Crippen LogP contribution is 2.19. The number of nitrogens with two attached hydrogens (primary N) is 1. The number of carbonyl (C=O) groups excluding carboxylic acids is 1. The number of amidine groups is 1.